The fourth-order valence-electron chi connectivity index (χ4n) is 3.23. The minimum atomic E-state index is -0.103. The number of carbonyl (C=O) groups is 2. The lowest BCUT2D eigenvalue weighted by molar-refractivity contribution is -0.128. The zero-order valence-corrected chi connectivity index (χ0v) is 15.6. The molecule has 3 rings (SSSR count). The molecular formula is C19H21ClN4O2. The molecule has 0 N–H and O–H groups in total. The van der Waals surface area contributed by atoms with Crippen molar-refractivity contribution in [2.45, 2.75) is 19.9 Å². The Balaban J connectivity index is 1.81. The van der Waals surface area contributed by atoms with E-state index in [9.17, 15) is 9.59 Å². The Hall–Kier alpha value is -2.60. The number of hydrogen-bond donors (Lipinski definition) is 0. The molecule has 1 aromatic heterocycles. The topological polar surface area (TPSA) is 58.4 Å². The van der Waals surface area contributed by atoms with Gasteiger partial charge in [0.15, 0.2) is 0 Å². The average molecular weight is 373 g/mol. The Morgan fingerprint density at radius 3 is 2.77 bits per heavy atom. The molecule has 1 aliphatic rings. The summed E-state index contributed by atoms with van der Waals surface area (Å²) in [5, 5.41) is 4.97. The van der Waals surface area contributed by atoms with Crippen LogP contribution in [0.3, 0.4) is 0 Å². The molecule has 0 bridgehead atoms. The fourth-order valence-corrected chi connectivity index (χ4v) is 3.42. The van der Waals surface area contributed by atoms with Crippen molar-refractivity contribution in [2.75, 3.05) is 19.6 Å². The second-order valence-electron chi connectivity index (χ2n) is 6.37. The quantitative estimate of drug-likeness (QED) is 0.778. The van der Waals surface area contributed by atoms with Gasteiger partial charge in [0, 0.05) is 30.7 Å². The highest BCUT2D eigenvalue weighted by Crippen LogP contribution is 2.21. The summed E-state index contributed by atoms with van der Waals surface area (Å²) in [6.07, 6.45) is 2.90. The Bertz CT molecular complexity index is 861. The van der Waals surface area contributed by atoms with E-state index in [0.717, 1.165) is 11.4 Å². The number of rotatable bonds is 3. The highest BCUT2D eigenvalue weighted by Gasteiger charge is 2.31. The summed E-state index contributed by atoms with van der Waals surface area (Å²) in [7, 11) is 0. The monoisotopic (exact) mass is 372 g/mol. The predicted molar refractivity (Wildman–Crippen MR) is 101 cm³/mol. The van der Waals surface area contributed by atoms with Crippen molar-refractivity contribution in [3.8, 4) is 5.69 Å². The number of carbonyl (C=O) groups excluding carboxylic acids is 2. The molecule has 1 saturated heterocycles. The molecule has 1 aliphatic heterocycles. The van der Waals surface area contributed by atoms with Crippen LogP contribution >= 0.6 is 11.6 Å². The Labute approximate surface area is 157 Å². The molecule has 0 spiro atoms. The SMILES string of the molecule is C=CC(=O)N1CCN(C(=O)c2cnn(-c3cccc(Cl)c3)c2C)[C@@H](C)C1. The zero-order chi connectivity index (χ0) is 18.8. The molecule has 7 heteroatoms. The van der Waals surface area contributed by atoms with E-state index in [0.29, 0.717) is 30.2 Å². The second-order valence-corrected chi connectivity index (χ2v) is 6.81. The molecular weight excluding hydrogens is 352 g/mol. The van der Waals surface area contributed by atoms with Crippen molar-refractivity contribution in [2.24, 2.45) is 0 Å². The van der Waals surface area contributed by atoms with Gasteiger partial charge in [-0.2, -0.15) is 5.10 Å². The number of nitrogens with zero attached hydrogens (tertiary/aromatic N) is 4. The fraction of sp³-hybridized carbons (Fsp3) is 0.316. The number of amides is 2. The summed E-state index contributed by atoms with van der Waals surface area (Å²) in [5.41, 5.74) is 2.12. The van der Waals surface area contributed by atoms with Crippen LogP contribution in [-0.2, 0) is 4.79 Å². The van der Waals surface area contributed by atoms with Crippen molar-refractivity contribution < 1.29 is 9.59 Å². The van der Waals surface area contributed by atoms with Gasteiger partial charge in [-0.1, -0.05) is 24.2 Å². The molecule has 1 aromatic carbocycles. The number of piperazine rings is 1. The summed E-state index contributed by atoms with van der Waals surface area (Å²) >= 11 is 6.05. The van der Waals surface area contributed by atoms with E-state index in [4.69, 9.17) is 11.6 Å². The van der Waals surface area contributed by atoms with Crippen LogP contribution in [0.15, 0.2) is 43.1 Å². The maximum absolute atomic E-state index is 13.0. The van der Waals surface area contributed by atoms with E-state index in [2.05, 4.69) is 11.7 Å². The highest BCUT2D eigenvalue weighted by molar-refractivity contribution is 6.30. The first-order chi connectivity index (χ1) is 12.4. The zero-order valence-electron chi connectivity index (χ0n) is 14.9. The average Bonchev–Trinajstić information content (AvgIpc) is 3.01. The van der Waals surface area contributed by atoms with E-state index in [-0.39, 0.29) is 17.9 Å². The van der Waals surface area contributed by atoms with E-state index < -0.39 is 0 Å². The molecule has 136 valence electrons. The van der Waals surface area contributed by atoms with Gasteiger partial charge in [0.05, 0.1) is 23.1 Å². The number of benzene rings is 1. The van der Waals surface area contributed by atoms with E-state index in [1.807, 2.05) is 26.0 Å². The lowest BCUT2D eigenvalue weighted by Gasteiger charge is -2.39. The van der Waals surface area contributed by atoms with Crippen LogP contribution in [0.25, 0.3) is 5.69 Å². The predicted octanol–water partition coefficient (Wildman–Crippen LogP) is 2.69. The molecule has 2 amide bonds. The Kier molecular flexibility index (Phi) is 5.13. The number of aromatic nitrogens is 2. The molecule has 2 aromatic rings. The van der Waals surface area contributed by atoms with Gasteiger partial charge >= 0.3 is 0 Å². The van der Waals surface area contributed by atoms with Gasteiger partial charge in [0.2, 0.25) is 5.91 Å². The van der Waals surface area contributed by atoms with E-state index >= 15 is 0 Å². The molecule has 0 radical (unpaired) electrons. The number of halogens is 1. The van der Waals surface area contributed by atoms with Crippen LogP contribution < -0.4 is 0 Å². The van der Waals surface area contributed by atoms with Crippen molar-refractivity contribution in [3.63, 3.8) is 0 Å². The molecule has 0 saturated carbocycles. The van der Waals surface area contributed by atoms with E-state index in [1.165, 1.54) is 6.08 Å². The molecule has 6 nitrogen and oxygen atoms in total. The van der Waals surface area contributed by atoms with Crippen LogP contribution in [0.5, 0.6) is 0 Å². The second kappa shape index (κ2) is 7.33. The minimum absolute atomic E-state index is 0.0749. The Morgan fingerprint density at radius 2 is 2.12 bits per heavy atom. The first-order valence-corrected chi connectivity index (χ1v) is 8.83. The highest BCUT2D eigenvalue weighted by atomic mass is 35.5. The van der Waals surface area contributed by atoms with Crippen molar-refractivity contribution >= 4 is 23.4 Å². The van der Waals surface area contributed by atoms with E-state index in [1.54, 1.807) is 32.8 Å². The summed E-state index contributed by atoms with van der Waals surface area (Å²) in [6, 6.07) is 7.26. The minimum Gasteiger partial charge on any atom is -0.335 e. The van der Waals surface area contributed by atoms with Gasteiger partial charge in [0.1, 0.15) is 0 Å². The number of hydrogen-bond acceptors (Lipinski definition) is 3. The molecule has 0 unspecified atom stereocenters. The van der Waals surface area contributed by atoms with Crippen LogP contribution in [-0.4, -0.2) is 57.1 Å². The van der Waals surface area contributed by atoms with Gasteiger partial charge in [0.25, 0.3) is 5.91 Å². The van der Waals surface area contributed by atoms with Crippen LogP contribution in [0.1, 0.15) is 23.0 Å². The molecule has 0 aliphatic carbocycles. The molecule has 2 heterocycles. The van der Waals surface area contributed by atoms with Gasteiger partial charge in [-0.05, 0) is 38.1 Å². The Morgan fingerprint density at radius 1 is 1.35 bits per heavy atom. The molecule has 26 heavy (non-hydrogen) atoms. The van der Waals surface area contributed by atoms with Crippen molar-refractivity contribution in [3.05, 3.63) is 59.4 Å². The van der Waals surface area contributed by atoms with Crippen LogP contribution in [0, 0.1) is 6.92 Å². The standard InChI is InChI=1S/C19H21ClN4O2/c1-4-18(25)22-8-9-23(13(2)12-22)19(26)17-11-21-24(14(17)3)16-7-5-6-15(20)10-16/h4-7,10-11,13H,1,8-9,12H2,2-3H3/t13-/m0/s1. The van der Waals surface area contributed by atoms with Gasteiger partial charge in [-0.25, -0.2) is 4.68 Å². The first kappa shape index (κ1) is 18.2. The summed E-state index contributed by atoms with van der Waals surface area (Å²) in [4.78, 5) is 28.3. The lowest BCUT2D eigenvalue weighted by atomic mass is 10.1. The third-order valence-corrected chi connectivity index (χ3v) is 4.90. The molecule has 1 atom stereocenters. The van der Waals surface area contributed by atoms with Gasteiger partial charge < -0.3 is 9.80 Å². The smallest absolute Gasteiger partial charge is 0.257 e. The van der Waals surface area contributed by atoms with Gasteiger partial charge in [-0.15, -0.1) is 0 Å². The maximum Gasteiger partial charge on any atom is 0.257 e. The first-order valence-electron chi connectivity index (χ1n) is 8.45. The lowest BCUT2D eigenvalue weighted by Crippen LogP contribution is -2.55. The van der Waals surface area contributed by atoms with Gasteiger partial charge in [-0.3, -0.25) is 9.59 Å². The molecule has 1 fully saturated rings. The van der Waals surface area contributed by atoms with Crippen molar-refractivity contribution in [1.29, 1.82) is 0 Å². The third kappa shape index (κ3) is 3.37. The van der Waals surface area contributed by atoms with Crippen LogP contribution in [0.2, 0.25) is 5.02 Å². The van der Waals surface area contributed by atoms with Crippen LogP contribution in [0.4, 0.5) is 0 Å². The summed E-state index contributed by atoms with van der Waals surface area (Å²) in [5.74, 6) is -0.178. The summed E-state index contributed by atoms with van der Waals surface area (Å²) < 4.78 is 1.71. The maximum atomic E-state index is 13.0. The largest absolute Gasteiger partial charge is 0.335 e. The summed E-state index contributed by atoms with van der Waals surface area (Å²) in [6.45, 7) is 8.81. The normalized spacial score (nSPS) is 17.3. The third-order valence-electron chi connectivity index (χ3n) is 4.67. The van der Waals surface area contributed by atoms with Crippen molar-refractivity contribution in [1.82, 2.24) is 19.6 Å².